The van der Waals surface area contributed by atoms with Crippen LogP contribution in [0.15, 0.2) is 12.3 Å². The van der Waals surface area contributed by atoms with Crippen LogP contribution in [0.3, 0.4) is 0 Å². The second kappa shape index (κ2) is 15.4. The first kappa shape index (κ1) is 25.0. The molecule has 0 aliphatic carbocycles. The quantitative estimate of drug-likeness (QED) is 0.391. The van der Waals surface area contributed by atoms with Crippen molar-refractivity contribution in [1.29, 1.82) is 0 Å². The van der Waals surface area contributed by atoms with Crippen LogP contribution in [0.4, 0.5) is 0 Å². The van der Waals surface area contributed by atoms with E-state index in [9.17, 15) is 0 Å². The Bertz CT molecular complexity index is 394. The summed E-state index contributed by atoms with van der Waals surface area (Å²) in [6, 6.07) is 4.81. The van der Waals surface area contributed by atoms with Crippen molar-refractivity contribution in [2.24, 2.45) is 0 Å². The number of rotatable bonds is 0. The van der Waals surface area contributed by atoms with E-state index in [0.29, 0.717) is 0 Å². The van der Waals surface area contributed by atoms with Crippen LogP contribution in [0.2, 0.25) is 0 Å². The number of aryl methyl sites for hydroxylation is 1. The Labute approximate surface area is 245 Å². The molecule has 0 saturated carbocycles. The van der Waals surface area contributed by atoms with Gasteiger partial charge >= 0.3 is 175 Å². The molecule has 0 N–H and O–H groups in total. The first-order chi connectivity index (χ1) is 6.36. The van der Waals surface area contributed by atoms with Gasteiger partial charge in [0.2, 0.25) is 0 Å². The smallest absolute Gasteiger partial charge is 0.544 e. The van der Waals surface area contributed by atoms with Crippen molar-refractivity contribution >= 4 is 10.9 Å². The van der Waals surface area contributed by atoms with E-state index in [1.165, 1.54) is 0 Å². The maximum atomic E-state index is 4.15. The Kier molecular flexibility index (Phi) is 24.0. The van der Waals surface area contributed by atoms with E-state index in [-0.39, 0.29) is 175 Å². The van der Waals surface area contributed by atoms with Gasteiger partial charge in [-0.25, -0.2) is 5.56 Å². The molecule has 0 amide bonds. The van der Waals surface area contributed by atoms with Gasteiger partial charge in [0.1, 0.15) is 0 Å². The van der Waals surface area contributed by atoms with Gasteiger partial charge in [0.05, 0.1) is 0 Å². The van der Waals surface area contributed by atoms with Crippen LogP contribution in [0.1, 0.15) is 19.4 Å². The predicted molar refractivity (Wildman–Crippen MR) is 52.1 cm³/mol. The van der Waals surface area contributed by atoms with Crippen molar-refractivity contribution < 1.29 is 175 Å². The van der Waals surface area contributed by atoms with Crippen LogP contribution in [-0.4, -0.2) is 9.97 Å². The molecule has 0 fully saturated rings. The standard InChI is InChI=1S/C9H5N2.C2H6.3Rb/c1-7-4-8-6-10-3-2-9(8)11-5-7;1-2;;;/h2,5H,1H3;1-2H3;;;/q-3;;3*+1. The largest absolute Gasteiger partial charge is 1.00 e. The molecule has 0 spiro atoms. The summed E-state index contributed by atoms with van der Waals surface area (Å²) in [6.07, 6.45) is 7.20. The maximum Gasteiger partial charge on any atom is 1.00 e. The van der Waals surface area contributed by atoms with E-state index < -0.39 is 0 Å². The second-order valence-electron chi connectivity index (χ2n) is 2.32. The summed E-state index contributed by atoms with van der Waals surface area (Å²) in [5, 5.41) is 0.823. The fraction of sp³-hybridized carbons (Fsp3) is 0.273. The Balaban J connectivity index is -0.000000321. The summed E-state index contributed by atoms with van der Waals surface area (Å²) in [5.41, 5.74) is 1.84. The zero-order valence-electron chi connectivity index (χ0n) is 11.0. The van der Waals surface area contributed by atoms with Crippen LogP contribution in [0.5, 0.6) is 0 Å². The second-order valence-corrected chi connectivity index (χ2v) is 2.32. The molecule has 2 aromatic heterocycles. The molecule has 0 unspecified atom stereocenters. The summed E-state index contributed by atoms with van der Waals surface area (Å²) in [5.74, 6) is 0. The number of nitrogens with zero attached hydrogens (tertiary/aromatic N) is 2. The molecular formula is C11H11N2Rb3. The van der Waals surface area contributed by atoms with Crippen LogP contribution in [0.25, 0.3) is 10.9 Å². The van der Waals surface area contributed by atoms with Gasteiger partial charge < -0.3 is 15.4 Å². The summed E-state index contributed by atoms with van der Waals surface area (Å²) in [7, 11) is 0. The van der Waals surface area contributed by atoms with E-state index in [4.69, 9.17) is 0 Å². The first-order valence-electron chi connectivity index (χ1n) is 4.30. The summed E-state index contributed by atoms with van der Waals surface area (Å²) in [4.78, 5) is 7.88. The Morgan fingerprint density at radius 3 is 2.38 bits per heavy atom. The molecule has 0 atom stereocenters. The van der Waals surface area contributed by atoms with Crippen molar-refractivity contribution in [2.75, 3.05) is 0 Å². The number of fused-ring (bicyclic) bond motifs is 1. The number of pyridine rings is 2. The molecule has 2 rings (SSSR count). The van der Waals surface area contributed by atoms with Crippen molar-refractivity contribution in [3.05, 3.63) is 36.3 Å². The Morgan fingerprint density at radius 2 is 1.75 bits per heavy atom. The number of aromatic nitrogens is 2. The normalized spacial score (nSPS) is 7.44. The van der Waals surface area contributed by atoms with E-state index >= 15 is 0 Å². The van der Waals surface area contributed by atoms with E-state index in [2.05, 4.69) is 28.4 Å². The third-order valence-electron chi connectivity index (χ3n) is 1.41. The molecule has 68 valence electrons. The molecule has 16 heavy (non-hydrogen) atoms. The number of hydrogen-bond acceptors (Lipinski definition) is 2. The third-order valence-corrected chi connectivity index (χ3v) is 1.41. The SMILES string of the molecule is CC.Cc1[c-]c2[c-]n[c-]cc2nc1.[Rb+].[Rb+].[Rb+]. The van der Waals surface area contributed by atoms with Crippen molar-refractivity contribution in [2.45, 2.75) is 20.8 Å². The molecule has 0 radical (unpaired) electrons. The van der Waals surface area contributed by atoms with Gasteiger partial charge in [-0.05, 0) is 0 Å². The molecule has 0 bridgehead atoms. The molecule has 0 saturated heterocycles. The molecule has 0 aliphatic heterocycles. The summed E-state index contributed by atoms with van der Waals surface area (Å²) in [6.45, 7) is 5.94. The zero-order valence-corrected chi connectivity index (χ0v) is 25.8. The minimum Gasteiger partial charge on any atom is -0.544 e. The van der Waals surface area contributed by atoms with Gasteiger partial charge in [0.25, 0.3) is 0 Å². The third kappa shape index (κ3) is 9.01. The van der Waals surface area contributed by atoms with Crippen LogP contribution in [-0.2, 0) is 0 Å². The van der Waals surface area contributed by atoms with Crippen molar-refractivity contribution in [3.63, 3.8) is 0 Å². The average molecular weight is 428 g/mol. The van der Waals surface area contributed by atoms with Crippen molar-refractivity contribution in [3.8, 4) is 0 Å². The Hall–Kier alpha value is 3.98. The Morgan fingerprint density at radius 1 is 1.12 bits per heavy atom. The van der Waals surface area contributed by atoms with E-state index in [1.807, 2.05) is 20.8 Å². The molecule has 0 aliphatic rings. The van der Waals surface area contributed by atoms with E-state index in [0.717, 1.165) is 16.5 Å². The summed E-state index contributed by atoms with van der Waals surface area (Å²) < 4.78 is 0. The van der Waals surface area contributed by atoms with Crippen LogP contribution >= 0.6 is 0 Å². The first-order valence-corrected chi connectivity index (χ1v) is 4.30. The predicted octanol–water partition coefficient (Wildman–Crippen LogP) is -6.62. The fourth-order valence-electron chi connectivity index (χ4n) is 0.901. The number of hydrogen-bond donors (Lipinski definition) is 0. The zero-order chi connectivity index (χ0) is 9.68. The maximum absolute atomic E-state index is 4.15. The topological polar surface area (TPSA) is 25.8 Å². The van der Waals surface area contributed by atoms with Gasteiger partial charge in [-0.15, -0.1) is 6.20 Å². The molecular weight excluding hydrogens is 417 g/mol. The minimum absolute atomic E-state index is 0. The minimum atomic E-state index is 0. The van der Waals surface area contributed by atoms with Crippen LogP contribution < -0.4 is 175 Å². The average Bonchev–Trinajstić information content (AvgIpc) is 2.21. The molecule has 0 aromatic carbocycles. The van der Waals surface area contributed by atoms with Gasteiger partial charge in [0, 0.05) is 0 Å². The monoisotopic (exact) mass is 426 g/mol. The van der Waals surface area contributed by atoms with Gasteiger partial charge in [-0.3, -0.25) is 24.5 Å². The molecule has 5 heteroatoms. The van der Waals surface area contributed by atoms with Gasteiger partial charge in [-0.1, -0.05) is 20.8 Å². The molecule has 2 aromatic rings. The fourth-order valence-corrected chi connectivity index (χ4v) is 0.901. The summed E-state index contributed by atoms with van der Waals surface area (Å²) >= 11 is 0. The van der Waals surface area contributed by atoms with Crippen molar-refractivity contribution in [1.82, 2.24) is 9.97 Å². The van der Waals surface area contributed by atoms with E-state index in [1.54, 1.807) is 12.3 Å². The molecule has 2 nitrogen and oxygen atoms in total. The van der Waals surface area contributed by atoms with Gasteiger partial charge in [0.15, 0.2) is 0 Å². The molecule has 2 heterocycles. The van der Waals surface area contributed by atoms with Crippen LogP contribution in [0, 0.1) is 25.4 Å². The van der Waals surface area contributed by atoms with Gasteiger partial charge in [-0.2, -0.15) is 5.52 Å².